The first-order chi connectivity index (χ1) is 9.50. The van der Waals surface area contributed by atoms with Crippen molar-refractivity contribution in [1.29, 1.82) is 0 Å². The largest absolute Gasteiger partial charge is 0.497 e. The van der Waals surface area contributed by atoms with Crippen molar-refractivity contribution in [2.45, 2.75) is 25.7 Å². The lowest BCUT2D eigenvalue weighted by atomic mass is 10.1. The van der Waals surface area contributed by atoms with Crippen LogP contribution in [-0.4, -0.2) is 32.8 Å². The first kappa shape index (κ1) is 15.0. The van der Waals surface area contributed by atoms with Crippen LogP contribution in [0.1, 0.15) is 36.0 Å². The van der Waals surface area contributed by atoms with Gasteiger partial charge in [-0.3, -0.25) is 4.79 Å². The van der Waals surface area contributed by atoms with Crippen molar-refractivity contribution >= 4 is 15.6 Å². The number of carbonyl (C=O) groups is 1. The first-order valence-corrected chi connectivity index (χ1v) is 8.70. The minimum Gasteiger partial charge on any atom is -0.497 e. The second-order valence-electron chi connectivity index (χ2n) is 5.36. The Bertz CT molecular complexity index is 554. The molecule has 0 N–H and O–H groups in total. The molecule has 20 heavy (non-hydrogen) atoms. The van der Waals surface area contributed by atoms with Crippen LogP contribution in [0, 0.1) is 5.92 Å². The van der Waals surface area contributed by atoms with Crippen molar-refractivity contribution in [3.63, 3.8) is 0 Å². The monoisotopic (exact) mass is 296 g/mol. The number of ketones is 1. The molecule has 0 atom stereocenters. The molecule has 0 aliphatic heterocycles. The van der Waals surface area contributed by atoms with Gasteiger partial charge < -0.3 is 4.74 Å². The fourth-order valence-electron chi connectivity index (χ4n) is 2.66. The molecule has 4 nitrogen and oxygen atoms in total. The summed E-state index contributed by atoms with van der Waals surface area (Å²) in [6, 6.07) is 6.53. The van der Waals surface area contributed by atoms with Crippen LogP contribution in [0.4, 0.5) is 0 Å². The Hall–Kier alpha value is -1.36. The third-order valence-electron chi connectivity index (χ3n) is 3.73. The van der Waals surface area contributed by atoms with Gasteiger partial charge in [-0.1, -0.05) is 12.8 Å². The number of carbonyl (C=O) groups excluding carboxylic acids is 1. The maximum absolute atomic E-state index is 12.0. The van der Waals surface area contributed by atoms with E-state index in [0.29, 0.717) is 11.3 Å². The van der Waals surface area contributed by atoms with Gasteiger partial charge in [-0.15, -0.1) is 0 Å². The molecule has 2 rings (SSSR count). The summed E-state index contributed by atoms with van der Waals surface area (Å²) in [7, 11) is -1.76. The average Bonchev–Trinajstić information content (AvgIpc) is 2.90. The number of ether oxygens (including phenoxy) is 1. The highest BCUT2D eigenvalue weighted by molar-refractivity contribution is 7.92. The third-order valence-corrected chi connectivity index (χ3v) is 5.41. The van der Waals surface area contributed by atoms with Gasteiger partial charge in [0.2, 0.25) is 0 Å². The molecule has 0 heterocycles. The van der Waals surface area contributed by atoms with E-state index in [1.165, 1.54) is 0 Å². The molecule has 1 aliphatic rings. The molecule has 1 aliphatic carbocycles. The van der Waals surface area contributed by atoms with Crippen molar-refractivity contribution in [1.82, 2.24) is 0 Å². The molecule has 0 aromatic heterocycles. The number of hydrogen-bond acceptors (Lipinski definition) is 4. The lowest BCUT2D eigenvalue weighted by Crippen LogP contribution is -2.22. The fraction of sp³-hybridized carbons (Fsp3) is 0.533. The van der Waals surface area contributed by atoms with Crippen LogP contribution >= 0.6 is 0 Å². The van der Waals surface area contributed by atoms with E-state index in [1.807, 2.05) is 0 Å². The van der Waals surface area contributed by atoms with Gasteiger partial charge >= 0.3 is 0 Å². The van der Waals surface area contributed by atoms with Crippen LogP contribution < -0.4 is 4.74 Å². The van der Waals surface area contributed by atoms with E-state index in [4.69, 9.17) is 4.74 Å². The molecule has 0 radical (unpaired) electrons. The predicted octanol–water partition coefficient (Wildman–Crippen LogP) is 2.48. The van der Waals surface area contributed by atoms with E-state index in [9.17, 15) is 13.2 Å². The fourth-order valence-corrected chi connectivity index (χ4v) is 4.39. The average molecular weight is 296 g/mol. The van der Waals surface area contributed by atoms with Crippen molar-refractivity contribution in [2.75, 3.05) is 18.6 Å². The van der Waals surface area contributed by atoms with E-state index < -0.39 is 15.6 Å². The molecule has 1 aromatic rings. The highest BCUT2D eigenvalue weighted by Crippen LogP contribution is 2.26. The molecule has 0 unspecified atom stereocenters. The maximum atomic E-state index is 12.0. The Morgan fingerprint density at radius 1 is 1.20 bits per heavy atom. The van der Waals surface area contributed by atoms with E-state index in [-0.39, 0.29) is 17.5 Å². The molecular weight excluding hydrogens is 276 g/mol. The summed E-state index contributed by atoms with van der Waals surface area (Å²) in [5, 5.41) is 0. The highest BCUT2D eigenvalue weighted by atomic mass is 32.2. The van der Waals surface area contributed by atoms with Gasteiger partial charge in [-0.05, 0) is 43.0 Å². The lowest BCUT2D eigenvalue weighted by Gasteiger charge is -2.09. The zero-order chi connectivity index (χ0) is 14.6. The normalized spacial score (nSPS) is 16.2. The van der Waals surface area contributed by atoms with Crippen LogP contribution in [0.5, 0.6) is 5.75 Å². The predicted molar refractivity (Wildman–Crippen MR) is 77.9 cm³/mol. The quantitative estimate of drug-likeness (QED) is 0.757. The van der Waals surface area contributed by atoms with Crippen molar-refractivity contribution in [3.8, 4) is 5.75 Å². The number of Topliss-reactive ketones (excluding diaryl/α,β-unsaturated/α-hetero) is 1. The summed E-state index contributed by atoms with van der Waals surface area (Å²) in [6.45, 7) is 0. The zero-order valence-electron chi connectivity index (χ0n) is 11.7. The van der Waals surface area contributed by atoms with Crippen molar-refractivity contribution < 1.29 is 17.9 Å². The molecule has 110 valence electrons. The Morgan fingerprint density at radius 2 is 1.80 bits per heavy atom. The second kappa shape index (κ2) is 6.39. The van der Waals surface area contributed by atoms with Crippen molar-refractivity contribution in [3.05, 3.63) is 29.8 Å². The van der Waals surface area contributed by atoms with Gasteiger partial charge in [-0.2, -0.15) is 0 Å². The summed E-state index contributed by atoms with van der Waals surface area (Å²) >= 11 is 0. The Kier molecular flexibility index (Phi) is 4.81. The second-order valence-corrected chi connectivity index (χ2v) is 7.47. The van der Waals surface area contributed by atoms with Crippen LogP contribution in [0.25, 0.3) is 0 Å². The van der Waals surface area contributed by atoms with E-state index in [0.717, 1.165) is 25.7 Å². The SMILES string of the molecule is COc1ccc(C(=O)CS(=O)(=O)CC2CCCC2)cc1. The highest BCUT2D eigenvalue weighted by Gasteiger charge is 2.25. The molecule has 0 amide bonds. The Labute approximate surface area is 120 Å². The van der Waals surface area contributed by atoms with E-state index >= 15 is 0 Å². The molecule has 5 heteroatoms. The van der Waals surface area contributed by atoms with Crippen molar-refractivity contribution in [2.24, 2.45) is 5.92 Å². The van der Waals surface area contributed by atoms with Crippen LogP contribution in [-0.2, 0) is 9.84 Å². The summed E-state index contributed by atoms with van der Waals surface area (Å²) in [4.78, 5) is 12.0. The molecular formula is C15H20O4S. The summed E-state index contributed by atoms with van der Waals surface area (Å²) in [5.74, 6) is 0.301. The van der Waals surface area contributed by atoms with E-state index in [2.05, 4.69) is 0 Å². The molecule has 1 aromatic carbocycles. The summed E-state index contributed by atoms with van der Waals surface area (Å²) < 4.78 is 29.1. The van der Waals surface area contributed by atoms with Crippen LogP contribution in [0.3, 0.4) is 0 Å². The van der Waals surface area contributed by atoms with E-state index in [1.54, 1.807) is 31.4 Å². The zero-order valence-corrected chi connectivity index (χ0v) is 12.5. The van der Waals surface area contributed by atoms with Gasteiger partial charge in [0.25, 0.3) is 0 Å². The number of benzene rings is 1. The molecule has 0 spiro atoms. The van der Waals surface area contributed by atoms with Gasteiger partial charge in [0, 0.05) is 5.56 Å². The topological polar surface area (TPSA) is 60.4 Å². The Morgan fingerprint density at radius 3 is 2.35 bits per heavy atom. The summed E-state index contributed by atoms with van der Waals surface area (Å²) in [5.41, 5.74) is 0.417. The maximum Gasteiger partial charge on any atom is 0.177 e. The molecule has 1 fully saturated rings. The minimum atomic E-state index is -3.31. The molecule has 0 saturated heterocycles. The van der Waals surface area contributed by atoms with Crippen LogP contribution in [0.15, 0.2) is 24.3 Å². The smallest absolute Gasteiger partial charge is 0.177 e. The van der Waals surface area contributed by atoms with Gasteiger partial charge in [0.1, 0.15) is 11.5 Å². The minimum absolute atomic E-state index is 0.148. The summed E-state index contributed by atoms with van der Waals surface area (Å²) in [6.07, 6.45) is 4.14. The van der Waals surface area contributed by atoms with Gasteiger partial charge in [0.05, 0.1) is 12.9 Å². The third kappa shape index (κ3) is 4.07. The molecule has 0 bridgehead atoms. The number of hydrogen-bond donors (Lipinski definition) is 0. The lowest BCUT2D eigenvalue weighted by molar-refractivity contribution is 0.102. The number of methoxy groups -OCH3 is 1. The van der Waals surface area contributed by atoms with Gasteiger partial charge in [-0.25, -0.2) is 8.42 Å². The molecule has 1 saturated carbocycles. The number of rotatable bonds is 6. The standard InChI is InChI=1S/C15H20O4S/c1-19-14-8-6-13(7-9-14)15(16)11-20(17,18)10-12-4-2-3-5-12/h6-9,12H,2-5,10-11H2,1H3. The van der Waals surface area contributed by atoms with Crippen LogP contribution in [0.2, 0.25) is 0 Å². The number of sulfone groups is 1. The van der Waals surface area contributed by atoms with Gasteiger partial charge in [0.15, 0.2) is 15.6 Å². The Balaban J connectivity index is 1.98. The first-order valence-electron chi connectivity index (χ1n) is 6.88.